The zero-order chi connectivity index (χ0) is 17.7. The summed E-state index contributed by atoms with van der Waals surface area (Å²) in [7, 11) is 0. The largest absolute Gasteiger partial charge is 0.310 e. The zero-order valence-corrected chi connectivity index (χ0v) is 15.7. The first-order chi connectivity index (χ1) is 12.7. The minimum atomic E-state index is 1.03. The van der Waals surface area contributed by atoms with Gasteiger partial charge in [0.05, 0.1) is 0 Å². The molecule has 1 aliphatic carbocycles. The minimum Gasteiger partial charge on any atom is -0.310 e. The van der Waals surface area contributed by atoms with E-state index in [0.29, 0.717) is 0 Å². The number of nitrogens with zero attached hydrogens (tertiary/aromatic N) is 1. The number of rotatable bonds is 1. The highest BCUT2D eigenvalue weighted by Gasteiger charge is 2.27. The smallest absolute Gasteiger partial charge is 0.0497 e. The van der Waals surface area contributed by atoms with Gasteiger partial charge in [0, 0.05) is 23.5 Å². The number of hydrogen-bond donors (Lipinski definition) is 0. The van der Waals surface area contributed by atoms with Crippen molar-refractivity contribution in [3.05, 3.63) is 88.0 Å². The van der Waals surface area contributed by atoms with Crippen molar-refractivity contribution in [2.45, 2.75) is 46.0 Å². The highest BCUT2D eigenvalue weighted by molar-refractivity contribution is 5.85. The van der Waals surface area contributed by atoms with Crippen LogP contribution in [0.25, 0.3) is 0 Å². The summed E-state index contributed by atoms with van der Waals surface area (Å²) in [5.74, 6) is 0. The Morgan fingerprint density at radius 1 is 0.654 bits per heavy atom. The maximum absolute atomic E-state index is 2.52. The molecule has 2 aliphatic rings. The second-order valence-corrected chi connectivity index (χ2v) is 7.90. The van der Waals surface area contributed by atoms with Gasteiger partial charge in [-0.15, -0.1) is 0 Å². The molecule has 0 aromatic heterocycles. The van der Waals surface area contributed by atoms with Crippen molar-refractivity contribution in [1.82, 2.24) is 0 Å². The van der Waals surface area contributed by atoms with Crippen LogP contribution in [0.4, 0.5) is 17.1 Å². The quantitative estimate of drug-likeness (QED) is 0.380. The van der Waals surface area contributed by atoms with Gasteiger partial charge in [0.15, 0.2) is 0 Å². The Kier molecular flexibility index (Phi) is 3.63. The Bertz CT molecular complexity index is 948. The standard InChI is InChI=1S/C25H25N/c1-17-10-12-23-20(14-17)16-21-15-18(2)11-13-24(21)26(23)25-9-5-7-19-6-3-4-8-22(19)25/h5,7,9-15H,3-4,6,8,16H2,1-2H3. The van der Waals surface area contributed by atoms with Gasteiger partial charge in [0.1, 0.15) is 0 Å². The summed E-state index contributed by atoms with van der Waals surface area (Å²) in [4.78, 5) is 2.52. The fraction of sp³-hybridized carbons (Fsp3) is 0.280. The summed E-state index contributed by atoms with van der Waals surface area (Å²) in [6.45, 7) is 4.39. The summed E-state index contributed by atoms with van der Waals surface area (Å²) in [6, 6.07) is 20.8. The van der Waals surface area contributed by atoms with Crippen LogP contribution < -0.4 is 4.90 Å². The van der Waals surface area contributed by atoms with Crippen LogP contribution in [0.2, 0.25) is 0 Å². The summed E-state index contributed by atoms with van der Waals surface area (Å²) in [5.41, 5.74) is 12.8. The van der Waals surface area contributed by atoms with Crippen LogP contribution in [0.1, 0.15) is 46.2 Å². The molecule has 26 heavy (non-hydrogen) atoms. The predicted octanol–water partition coefficient (Wildman–Crippen LogP) is 6.56. The molecule has 0 N–H and O–H groups in total. The van der Waals surface area contributed by atoms with E-state index >= 15 is 0 Å². The second-order valence-electron chi connectivity index (χ2n) is 7.90. The Morgan fingerprint density at radius 2 is 1.31 bits per heavy atom. The molecule has 0 atom stereocenters. The van der Waals surface area contributed by atoms with E-state index in [2.05, 4.69) is 73.3 Å². The molecule has 1 nitrogen and oxygen atoms in total. The van der Waals surface area contributed by atoms with E-state index in [1.165, 1.54) is 65.0 Å². The van der Waals surface area contributed by atoms with Crippen molar-refractivity contribution in [2.75, 3.05) is 4.90 Å². The lowest BCUT2D eigenvalue weighted by Crippen LogP contribution is -2.21. The van der Waals surface area contributed by atoms with Crippen molar-refractivity contribution in [2.24, 2.45) is 0 Å². The van der Waals surface area contributed by atoms with Crippen molar-refractivity contribution >= 4 is 17.1 Å². The lowest BCUT2D eigenvalue weighted by Gasteiger charge is -2.36. The molecule has 130 valence electrons. The molecular formula is C25H25N. The molecule has 0 saturated carbocycles. The predicted molar refractivity (Wildman–Crippen MR) is 110 cm³/mol. The van der Waals surface area contributed by atoms with Gasteiger partial charge in [-0.3, -0.25) is 0 Å². The zero-order valence-electron chi connectivity index (χ0n) is 15.7. The first-order valence-electron chi connectivity index (χ1n) is 9.81. The van der Waals surface area contributed by atoms with Gasteiger partial charge in [0.2, 0.25) is 0 Å². The van der Waals surface area contributed by atoms with Crippen LogP contribution in [0, 0.1) is 13.8 Å². The third-order valence-corrected chi connectivity index (χ3v) is 5.94. The van der Waals surface area contributed by atoms with E-state index in [9.17, 15) is 0 Å². The van der Waals surface area contributed by atoms with Crippen LogP contribution in [0.15, 0.2) is 54.6 Å². The summed E-state index contributed by atoms with van der Waals surface area (Å²) in [6.07, 6.45) is 6.07. The minimum absolute atomic E-state index is 1.03. The van der Waals surface area contributed by atoms with E-state index in [1.807, 2.05) is 0 Å². The molecular weight excluding hydrogens is 314 g/mol. The number of anilines is 3. The van der Waals surface area contributed by atoms with Gasteiger partial charge in [-0.05, 0) is 80.0 Å². The number of fused-ring (bicyclic) bond motifs is 3. The Labute approximate surface area is 156 Å². The van der Waals surface area contributed by atoms with Gasteiger partial charge in [-0.1, -0.05) is 47.5 Å². The first-order valence-corrected chi connectivity index (χ1v) is 9.81. The molecule has 0 radical (unpaired) electrons. The molecule has 1 heteroatoms. The molecule has 0 saturated heterocycles. The van der Waals surface area contributed by atoms with Gasteiger partial charge in [-0.25, -0.2) is 0 Å². The summed E-state index contributed by atoms with van der Waals surface area (Å²) >= 11 is 0. The second kappa shape index (κ2) is 6.02. The molecule has 0 spiro atoms. The van der Waals surface area contributed by atoms with Gasteiger partial charge >= 0.3 is 0 Å². The lowest BCUT2D eigenvalue weighted by atomic mass is 9.88. The summed E-state index contributed by atoms with van der Waals surface area (Å²) < 4.78 is 0. The van der Waals surface area contributed by atoms with Gasteiger partial charge in [0.25, 0.3) is 0 Å². The fourth-order valence-electron chi connectivity index (χ4n) is 4.71. The average molecular weight is 339 g/mol. The first kappa shape index (κ1) is 15.7. The normalized spacial score (nSPS) is 15.2. The highest BCUT2D eigenvalue weighted by Crippen LogP contribution is 2.46. The third kappa shape index (κ3) is 2.46. The monoisotopic (exact) mass is 339 g/mol. The van der Waals surface area contributed by atoms with Crippen LogP contribution in [0.3, 0.4) is 0 Å². The van der Waals surface area contributed by atoms with E-state index in [0.717, 1.165) is 6.42 Å². The van der Waals surface area contributed by atoms with Crippen molar-refractivity contribution in [1.29, 1.82) is 0 Å². The highest BCUT2D eigenvalue weighted by atomic mass is 15.2. The molecule has 0 amide bonds. The maximum atomic E-state index is 2.52. The number of aryl methyl sites for hydroxylation is 3. The van der Waals surface area contributed by atoms with E-state index < -0.39 is 0 Å². The summed E-state index contributed by atoms with van der Waals surface area (Å²) in [5, 5.41) is 0. The topological polar surface area (TPSA) is 3.24 Å². The molecule has 3 aromatic rings. The molecule has 5 rings (SSSR count). The van der Waals surface area contributed by atoms with Crippen LogP contribution in [-0.2, 0) is 19.3 Å². The SMILES string of the molecule is Cc1ccc2c(c1)Cc1cc(C)ccc1N2c1cccc2c1CCCC2. The third-order valence-electron chi connectivity index (χ3n) is 5.94. The van der Waals surface area contributed by atoms with Crippen LogP contribution >= 0.6 is 0 Å². The number of hydrogen-bond acceptors (Lipinski definition) is 1. The maximum Gasteiger partial charge on any atom is 0.0497 e. The Hall–Kier alpha value is -2.54. The molecule has 1 heterocycles. The van der Waals surface area contributed by atoms with Crippen molar-refractivity contribution < 1.29 is 0 Å². The molecule has 0 fully saturated rings. The lowest BCUT2D eigenvalue weighted by molar-refractivity contribution is 0.685. The van der Waals surface area contributed by atoms with Crippen LogP contribution in [-0.4, -0.2) is 0 Å². The Balaban J connectivity index is 1.77. The van der Waals surface area contributed by atoms with Gasteiger partial charge in [-0.2, -0.15) is 0 Å². The van der Waals surface area contributed by atoms with Crippen LogP contribution in [0.5, 0.6) is 0 Å². The van der Waals surface area contributed by atoms with Crippen molar-refractivity contribution in [3.63, 3.8) is 0 Å². The van der Waals surface area contributed by atoms with E-state index in [-0.39, 0.29) is 0 Å². The van der Waals surface area contributed by atoms with E-state index in [4.69, 9.17) is 0 Å². The van der Waals surface area contributed by atoms with Gasteiger partial charge < -0.3 is 4.90 Å². The fourth-order valence-corrected chi connectivity index (χ4v) is 4.71. The molecule has 1 aliphatic heterocycles. The number of benzene rings is 3. The molecule has 0 unspecified atom stereocenters. The Morgan fingerprint density at radius 3 is 2.00 bits per heavy atom. The molecule has 0 bridgehead atoms. The average Bonchev–Trinajstić information content (AvgIpc) is 2.65. The van der Waals surface area contributed by atoms with Crippen molar-refractivity contribution in [3.8, 4) is 0 Å². The van der Waals surface area contributed by atoms with E-state index in [1.54, 1.807) is 11.1 Å². The molecule has 3 aromatic carbocycles.